The van der Waals surface area contributed by atoms with Crippen LogP contribution in [0.2, 0.25) is 0 Å². The van der Waals surface area contributed by atoms with Crippen molar-refractivity contribution in [2.75, 3.05) is 5.32 Å². The number of ether oxygens (including phenoxy) is 1. The molecule has 2 aromatic carbocycles. The monoisotopic (exact) mass is 405 g/mol. The quantitative estimate of drug-likeness (QED) is 0.581. The number of nitrogens with one attached hydrogen (secondary N) is 1. The minimum atomic E-state index is -4.72. The molecular formula is C18H13F6NO3. The van der Waals surface area contributed by atoms with E-state index in [0.717, 1.165) is 43.3 Å². The van der Waals surface area contributed by atoms with E-state index in [1.165, 1.54) is 6.07 Å². The van der Waals surface area contributed by atoms with Gasteiger partial charge >= 0.3 is 18.3 Å². The Kier molecular flexibility index (Phi) is 6.01. The van der Waals surface area contributed by atoms with Crippen molar-refractivity contribution in [3.05, 3.63) is 65.2 Å². The van der Waals surface area contributed by atoms with Gasteiger partial charge in [0.05, 0.1) is 22.4 Å². The molecule has 2 aromatic rings. The van der Waals surface area contributed by atoms with Gasteiger partial charge in [0.1, 0.15) is 0 Å². The topological polar surface area (TPSA) is 55.4 Å². The van der Waals surface area contributed by atoms with Crippen molar-refractivity contribution in [2.24, 2.45) is 0 Å². The largest absolute Gasteiger partial charge is 0.449 e. The van der Waals surface area contributed by atoms with Crippen LogP contribution in [-0.2, 0) is 21.9 Å². The Morgan fingerprint density at radius 1 is 0.929 bits per heavy atom. The number of hydrogen-bond acceptors (Lipinski definition) is 3. The predicted molar refractivity (Wildman–Crippen MR) is 86.4 cm³/mol. The summed E-state index contributed by atoms with van der Waals surface area (Å²) in [6, 6.07) is 7.52. The van der Waals surface area contributed by atoms with Crippen molar-refractivity contribution >= 4 is 17.6 Å². The smallest absolute Gasteiger partial charge is 0.418 e. The summed E-state index contributed by atoms with van der Waals surface area (Å²) in [6.45, 7) is 1.08. The molecule has 0 bridgehead atoms. The molecule has 1 unspecified atom stereocenters. The normalized spacial score (nSPS) is 13.0. The molecule has 0 aliphatic rings. The number of rotatable bonds is 4. The number of carbonyl (C=O) groups is 2. The summed E-state index contributed by atoms with van der Waals surface area (Å²) in [6.07, 6.45) is -11.0. The van der Waals surface area contributed by atoms with E-state index < -0.39 is 52.7 Å². The van der Waals surface area contributed by atoms with Gasteiger partial charge in [-0.15, -0.1) is 0 Å². The van der Waals surface area contributed by atoms with Gasteiger partial charge in [0.15, 0.2) is 6.10 Å². The van der Waals surface area contributed by atoms with E-state index in [4.69, 9.17) is 4.74 Å². The Hall–Kier alpha value is -3.04. The van der Waals surface area contributed by atoms with E-state index in [2.05, 4.69) is 0 Å². The van der Waals surface area contributed by atoms with Crippen LogP contribution >= 0.6 is 0 Å². The van der Waals surface area contributed by atoms with Crippen LogP contribution in [0.5, 0.6) is 0 Å². The molecule has 0 saturated heterocycles. The fourth-order valence-corrected chi connectivity index (χ4v) is 2.18. The first-order chi connectivity index (χ1) is 12.9. The highest BCUT2D eigenvalue weighted by Crippen LogP contribution is 2.34. The summed E-state index contributed by atoms with van der Waals surface area (Å²) in [5, 5.41) is 1.99. The molecule has 0 spiro atoms. The molecule has 4 nitrogen and oxygen atoms in total. The van der Waals surface area contributed by atoms with Crippen LogP contribution in [0.1, 0.15) is 28.4 Å². The third kappa shape index (κ3) is 5.24. The van der Waals surface area contributed by atoms with E-state index in [-0.39, 0.29) is 0 Å². The third-order valence-electron chi connectivity index (χ3n) is 3.57. The molecule has 0 radical (unpaired) electrons. The number of hydrogen-bond donors (Lipinski definition) is 1. The number of para-hydroxylation sites is 1. The van der Waals surface area contributed by atoms with Crippen LogP contribution in [0.4, 0.5) is 32.0 Å². The minimum absolute atomic E-state index is 0.454. The summed E-state index contributed by atoms with van der Waals surface area (Å²) >= 11 is 0. The number of halogens is 6. The number of anilines is 1. The lowest BCUT2D eigenvalue weighted by molar-refractivity contribution is -0.138. The number of benzene rings is 2. The van der Waals surface area contributed by atoms with Gasteiger partial charge in [0.25, 0.3) is 5.91 Å². The van der Waals surface area contributed by atoms with Gasteiger partial charge in [0.2, 0.25) is 0 Å². The molecular weight excluding hydrogens is 392 g/mol. The summed E-state index contributed by atoms with van der Waals surface area (Å²) < 4.78 is 81.6. The molecule has 0 heterocycles. The van der Waals surface area contributed by atoms with Gasteiger partial charge in [0, 0.05) is 0 Å². The fraction of sp³-hybridized carbons (Fsp3) is 0.222. The minimum Gasteiger partial charge on any atom is -0.449 e. The summed E-state index contributed by atoms with van der Waals surface area (Å²) in [4.78, 5) is 24.0. The molecule has 1 amide bonds. The number of alkyl halides is 6. The first kappa shape index (κ1) is 21.3. The number of amides is 1. The van der Waals surface area contributed by atoms with Gasteiger partial charge < -0.3 is 10.1 Å². The molecule has 0 aliphatic heterocycles. The molecule has 150 valence electrons. The van der Waals surface area contributed by atoms with Gasteiger partial charge in [-0.3, -0.25) is 4.79 Å². The maximum absolute atomic E-state index is 12.9. The van der Waals surface area contributed by atoms with Crippen LogP contribution in [0.3, 0.4) is 0 Å². The number of carbonyl (C=O) groups excluding carboxylic acids is 2. The molecule has 0 fully saturated rings. The van der Waals surface area contributed by atoms with Crippen molar-refractivity contribution in [1.82, 2.24) is 0 Å². The van der Waals surface area contributed by atoms with Crippen molar-refractivity contribution in [2.45, 2.75) is 25.4 Å². The Morgan fingerprint density at radius 3 is 2.18 bits per heavy atom. The van der Waals surface area contributed by atoms with Gasteiger partial charge in [-0.1, -0.05) is 18.2 Å². The third-order valence-corrected chi connectivity index (χ3v) is 3.57. The van der Waals surface area contributed by atoms with E-state index >= 15 is 0 Å². The molecule has 28 heavy (non-hydrogen) atoms. The summed E-state index contributed by atoms with van der Waals surface area (Å²) in [5.41, 5.74) is -3.18. The van der Waals surface area contributed by atoms with E-state index in [1.54, 1.807) is 0 Å². The standard InChI is InChI=1S/C18H13F6NO3/c1-10(15(26)25-14-8-3-2-7-13(14)18(22,23)24)28-16(27)11-5-4-6-12(9-11)17(19,20)21/h2-10H,1H3,(H,25,26). The predicted octanol–water partition coefficient (Wildman–Crippen LogP) is 4.91. The molecule has 0 aliphatic carbocycles. The zero-order valence-electron chi connectivity index (χ0n) is 14.2. The van der Waals surface area contributed by atoms with Crippen molar-refractivity contribution < 1.29 is 40.7 Å². The highest BCUT2D eigenvalue weighted by atomic mass is 19.4. The Labute approximate surface area is 155 Å². The molecule has 1 atom stereocenters. The van der Waals surface area contributed by atoms with Crippen molar-refractivity contribution in [1.29, 1.82) is 0 Å². The van der Waals surface area contributed by atoms with E-state index in [9.17, 15) is 35.9 Å². The molecule has 0 saturated carbocycles. The van der Waals surface area contributed by atoms with Gasteiger partial charge in [-0.25, -0.2) is 4.79 Å². The average Bonchev–Trinajstić information content (AvgIpc) is 2.60. The van der Waals surface area contributed by atoms with Crippen molar-refractivity contribution in [3.63, 3.8) is 0 Å². The molecule has 10 heteroatoms. The first-order valence-corrected chi connectivity index (χ1v) is 7.75. The summed E-state index contributed by atoms with van der Waals surface area (Å²) in [7, 11) is 0. The second kappa shape index (κ2) is 7.91. The fourth-order valence-electron chi connectivity index (χ4n) is 2.18. The molecule has 1 N–H and O–H groups in total. The van der Waals surface area contributed by atoms with Gasteiger partial charge in [-0.05, 0) is 37.3 Å². The maximum Gasteiger partial charge on any atom is 0.418 e. The zero-order chi connectivity index (χ0) is 21.1. The second-order valence-electron chi connectivity index (χ2n) is 5.66. The first-order valence-electron chi connectivity index (χ1n) is 7.75. The van der Waals surface area contributed by atoms with Crippen LogP contribution in [0, 0.1) is 0 Å². The van der Waals surface area contributed by atoms with E-state index in [0.29, 0.717) is 6.07 Å². The van der Waals surface area contributed by atoms with Crippen LogP contribution in [-0.4, -0.2) is 18.0 Å². The lowest BCUT2D eigenvalue weighted by Crippen LogP contribution is -2.30. The SMILES string of the molecule is CC(OC(=O)c1cccc(C(F)(F)F)c1)C(=O)Nc1ccccc1C(F)(F)F. The number of esters is 1. The summed E-state index contributed by atoms with van der Waals surface area (Å²) in [5.74, 6) is -2.30. The Morgan fingerprint density at radius 2 is 1.57 bits per heavy atom. The lowest BCUT2D eigenvalue weighted by atomic mass is 10.1. The molecule has 0 aromatic heterocycles. The van der Waals surface area contributed by atoms with Crippen LogP contribution in [0.25, 0.3) is 0 Å². The lowest BCUT2D eigenvalue weighted by Gasteiger charge is -2.17. The highest BCUT2D eigenvalue weighted by Gasteiger charge is 2.34. The van der Waals surface area contributed by atoms with Crippen LogP contribution < -0.4 is 5.32 Å². The second-order valence-corrected chi connectivity index (χ2v) is 5.66. The van der Waals surface area contributed by atoms with Crippen LogP contribution in [0.15, 0.2) is 48.5 Å². The maximum atomic E-state index is 12.9. The highest BCUT2D eigenvalue weighted by molar-refractivity contribution is 5.97. The van der Waals surface area contributed by atoms with E-state index in [1.807, 2.05) is 5.32 Å². The Bertz CT molecular complexity index is 876. The van der Waals surface area contributed by atoms with Crippen molar-refractivity contribution in [3.8, 4) is 0 Å². The zero-order valence-corrected chi connectivity index (χ0v) is 14.2. The molecule has 2 rings (SSSR count). The average molecular weight is 405 g/mol. The van der Waals surface area contributed by atoms with Gasteiger partial charge in [-0.2, -0.15) is 26.3 Å². The Balaban J connectivity index is 2.11.